The van der Waals surface area contributed by atoms with Crippen LogP contribution in [0.4, 0.5) is 0 Å². The maximum atomic E-state index is 9.21. The van der Waals surface area contributed by atoms with Gasteiger partial charge in [-0.3, -0.25) is 0 Å². The van der Waals surface area contributed by atoms with Gasteiger partial charge in [0.2, 0.25) is 0 Å². The highest BCUT2D eigenvalue weighted by Gasteiger charge is 2.31. The summed E-state index contributed by atoms with van der Waals surface area (Å²) < 4.78 is 0. The van der Waals surface area contributed by atoms with Crippen molar-refractivity contribution < 1.29 is 5.21 Å². The van der Waals surface area contributed by atoms with Crippen LogP contribution in [-0.4, -0.2) is 10.9 Å². The number of hydrogen-bond acceptors (Lipinski definition) is 2. The van der Waals surface area contributed by atoms with E-state index in [0.29, 0.717) is 5.92 Å². The lowest BCUT2D eigenvalue weighted by atomic mass is 9.70. The number of nitrogens with zero attached hydrogens (tertiary/aromatic N) is 1. The van der Waals surface area contributed by atoms with Gasteiger partial charge in [-0.2, -0.15) is 0 Å². The summed E-state index contributed by atoms with van der Waals surface area (Å²) in [7, 11) is 0. The van der Waals surface area contributed by atoms with Crippen molar-refractivity contribution in [2.24, 2.45) is 11.1 Å². The van der Waals surface area contributed by atoms with Crippen molar-refractivity contribution in [2.75, 3.05) is 0 Å². The third kappa shape index (κ3) is 2.41. The van der Waals surface area contributed by atoms with Gasteiger partial charge >= 0.3 is 0 Å². The van der Waals surface area contributed by atoms with Crippen molar-refractivity contribution >= 4 is 5.71 Å². The SMILES string of the molecule is Cc1ccc2c(c1)/C(=N\O)CC[C@@H]2C1CCCCC1. The zero-order valence-corrected chi connectivity index (χ0v) is 11.7. The molecule has 3 rings (SSSR count). The van der Waals surface area contributed by atoms with E-state index in [9.17, 15) is 5.21 Å². The molecule has 0 aliphatic heterocycles. The maximum Gasteiger partial charge on any atom is 0.0870 e. The van der Waals surface area contributed by atoms with Crippen molar-refractivity contribution in [1.82, 2.24) is 0 Å². The third-order valence-corrected chi connectivity index (χ3v) is 4.95. The van der Waals surface area contributed by atoms with E-state index in [-0.39, 0.29) is 0 Å². The Labute approximate surface area is 115 Å². The molecule has 102 valence electrons. The van der Waals surface area contributed by atoms with Crippen molar-refractivity contribution in [3.05, 3.63) is 34.9 Å². The maximum absolute atomic E-state index is 9.21. The molecule has 1 aromatic carbocycles. The van der Waals surface area contributed by atoms with Crippen molar-refractivity contribution in [3.63, 3.8) is 0 Å². The summed E-state index contributed by atoms with van der Waals surface area (Å²) in [5, 5.41) is 12.7. The van der Waals surface area contributed by atoms with E-state index in [0.717, 1.165) is 24.5 Å². The van der Waals surface area contributed by atoms with Crippen LogP contribution in [-0.2, 0) is 0 Å². The number of oxime groups is 1. The van der Waals surface area contributed by atoms with Crippen LogP contribution in [0.3, 0.4) is 0 Å². The standard InChI is InChI=1S/C17H23NO/c1-12-7-8-15-14(13-5-3-2-4-6-13)9-10-17(18-19)16(15)11-12/h7-8,11,13-14,19H,2-6,9-10H2,1H3/b18-17-/t14-/m1/s1. The summed E-state index contributed by atoms with van der Waals surface area (Å²) >= 11 is 0. The molecule has 1 atom stereocenters. The molecule has 2 aliphatic rings. The molecule has 1 fully saturated rings. The van der Waals surface area contributed by atoms with Gasteiger partial charge in [0.15, 0.2) is 0 Å². The smallest absolute Gasteiger partial charge is 0.0870 e. The minimum Gasteiger partial charge on any atom is -0.411 e. The number of rotatable bonds is 1. The zero-order chi connectivity index (χ0) is 13.2. The molecule has 0 heterocycles. The minimum absolute atomic E-state index is 0.682. The van der Waals surface area contributed by atoms with Crippen LogP contribution in [0.5, 0.6) is 0 Å². The number of benzene rings is 1. The normalized spacial score (nSPS) is 26.4. The topological polar surface area (TPSA) is 32.6 Å². The molecule has 19 heavy (non-hydrogen) atoms. The molecule has 2 aliphatic carbocycles. The molecular formula is C17H23NO. The van der Waals surface area contributed by atoms with Gasteiger partial charge in [0.05, 0.1) is 5.71 Å². The van der Waals surface area contributed by atoms with E-state index in [2.05, 4.69) is 30.3 Å². The predicted molar refractivity (Wildman–Crippen MR) is 78.1 cm³/mol. The second-order valence-electron chi connectivity index (χ2n) is 6.18. The van der Waals surface area contributed by atoms with Crippen molar-refractivity contribution in [3.8, 4) is 0 Å². The molecular weight excluding hydrogens is 234 g/mol. The van der Waals surface area contributed by atoms with Crippen LogP contribution >= 0.6 is 0 Å². The molecule has 1 saturated carbocycles. The average Bonchev–Trinajstić information content (AvgIpc) is 2.47. The minimum atomic E-state index is 0.682. The summed E-state index contributed by atoms with van der Waals surface area (Å²) in [6.07, 6.45) is 9.03. The second kappa shape index (κ2) is 5.36. The van der Waals surface area contributed by atoms with E-state index >= 15 is 0 Å². The molecule has 2 heteroatoms. The highest BCUT2D eigenvalue weighted by atomic mass is 16.4. The highest BCUT2D eigenvalue weighted by Crippen LogP contribution is 2.43. The predicted octanol–water partition coefficient (Wildman–Crippen LogP) is 4.63. The highest BCUT2D eigenvalue weighted by molar-refractivity contribution is 6.02. The Bertz CT molecular complexity index is 486. The molecule has 1 aromatic rings. The van der Waals surface area contributed by atoms with Crippen LogP contribution in [0.1, 0.15) is 67.6 Å². The van der Waals surface area contributed by atoms with E-state index in [1.165, 1.54) is 48.8 Å². The van der Waals surface area contributed by atoms with E-state index in [1.54, 1.807) is 0 Å². The van der Waals surface area contributed by atoms with E-state index in [1.807, 2.05) is 0 Å². The molecule has 2 nitrogen and oxygen atoms in total. The number of hydrogen-bond donors (Lipinski definition) is 1. The number of fused-ring (bicyclic) bond motifs is 1. The summed E-state index contributed by atoms with van der Waals surface area (Å²) in [4.78, 5) is 0. The average molecular weight is 257 g/mol. The Hall–Kier alpha value is -1.31. The lowest BCUT2D eigenvalue weighted by Crippen LogP contribution is -2.24. The van der Waals surface area contributed by atoms with Crippen molar-refractivity contribution in [2.45, 2.75) is 57.8 Å². The molecule has 0 unspecified atom stereocenters. The summed E-state index contributed by atoms with van der Waals surface area (Å²) in [6.45, 7) is 2.11. The van der Waals surface area contributed by atoms with E-state index < -0.39 is 0 Å². The van der Waals surface area contributed by atoms with Crippen molar-refractivity contribution in [1.29, 1.82) is 0 Å². The molecule has 0 saturated heterocycles. The molecule has 0 bridgehead atoms. The quantitative estimate of drug-likeness (QED) is 0.577. The lowest BCUT2D eigenvalue weighted by Gasteiger charge is -2.35. The Morgan fingerprint density at radius 1 is 1.11 bits per heavy atom. The summed E-state index contributed by atoms with van der Waals surface area (Å²) in [5.74, 6) is 1.52. The van der Waals surface area contributed by atoms with Crippen LogP contribution in [0.15, 0.2) is 23.4 Å². The lowest BCUT2D eigenvalue weighted by molar-refractivity contribution is 0.289. The first-order valence-electron chi connectivity index (χ1n) is 7.61. The van der Waals surface area contributed by atoms with Crippen LogP contribution in [0.2, 0.25) is 0 Å². The first-order valence-corrected chi connectivity index (χ1v) is 7.61. The van der Waals surface area contributed by atoms with Gasteiger partial charge in [0.1, 0.15) is 0 Å². The summed E-state index contributed by atoms with van der Waals surface area (Å²) in [5.41, 5.74) is 4.76. The third-order valence-electron chi connectivity index (χ3n) is 4.95. The second-order valence-corrected chi connectivity index (χ2v) is 6.18. The Kier molecular flexibility index (Phi) is 3.58. The largest absolute Gasteiger partial charge is 0.411 e. The fraction of sp³-hybridized carbons (Fsp3) is 0.588. The zero-order valence-electron chi connectivity index (χ0n) is 11.7. The Morgan fingerprint density at radius 3 is 2.63 bits per heavy atom. The van der Waals surface area contributed by atoms with Gasteiger partial charge in [0, 0.05) is 5.56 Å². The van der Waals surface area contributed by atoms with Gasteiger partial charge in [-0.25, -0.2) is 0 Å². The fourth-order valence-corrected chi connectivity index (χ4v) is 3.96. The monoisotopic (exact) mass is 257 g/mol. The van der Waals surface area contributed by atoms with Crippen LogP contribution in [0, 0.1) is 12.8 Å². The van der Waals surface area contributed by atoms with Gasteiger partial charge < -0.3 is 5.21 Å². The summed E-state index contributed by atoms with van der Waals surface area (Å²) in [6, 6.07) is 6.67. The molecule has 1 N–H and O–H groups in total. The molecule has 0 aromatic heterocycles. The van der Waals surface area contributed by atoms with Gasteiger partial charge in [0.25, 0.3) is 0 Å². The van der Waals surface area contributed by atoms with Crippen LogP contribution < -0.4 is 0 Å². The Balaban J connectivity index is 1.96. The van der Waals surface area contributed by atoms with Gasteiger partial charge in [-0.15, -0.1) is 0 Å². The van der Waals surface area contributed by atoms with Crippen LogP contribution in [0.25, 0.3) is 0 Å². The Morgan fingerprint density at radius 2 is 1.89 bits per heavy atom. The van der Waals surface area contributed by atoms with E-state index in [4.69, 9.17) is 0 Å². The fourth-order valence-electron chi connectivity index (χ4n) is 3.96. The first kappa shape index (κ1) is 12.7. The first-order chi connectivity index (χ1) is 9.29. The van der Waals surface area contributed by atoms with Gasteiger partial charge in [-0.1, -0.05) is 42.1 Å². The molecule has 0 amide bonds. The van der Waals surface area contributed by atoms with Gasteiger partial charge in [-0.05, 0) is 56.1 Å². The molecule has 0 spiro atoms. The number of aryl methyl sites for hydroxylation is 1. The molecule has 0 radical (unpaired) electrons.